The second kappa shape index (κ2) is 10.3. The molecule has 0 aliphatic carbocycles. The molecule has 1 N–H and O–H groups in total. The molecule has 0 spiro atoms. The van der Waals surface area contributed by atoms with E-state index in [4.69, 9.17) is 14.2 Å². The van der Waals surface area contributed by atoms with Crippen molar-refractivity contribution in [1.82, 2.24) is 5.32 Å². The van der Waals surface area contributed by atoms with Gasteiger partial charge >= 0.3 is 0 Å². The smallest absolute Gasteiger partial charge is 0.126 e. The summed E-state index contributed by atoms with van der Waals surface area (Å²) in [6, 6.07) is 6.19. The van der Waals surface area contributed by atoms with Crippen molar-refractivity contribution < 1.29 is 14.2 Å². The fourth-order valence-corrected chi connectivity index (χ4v) is 2.03. The predicted octanol–water partition coefficient (Wildman–Crippen LogP) is 3.64. The molecule has 4 nitrogen and oxygen atoms in total. The average molecular weight is 295 g/mol. The van der Waals surface area contributed by atoms with Crippen molar-refractivity contribution in [1.29, 1.82) is 0 Å². The Morgan fingerprint density at radius 3 is 2.00 bits per heavy atom. The van der Waals surface area contributed by atoms with Gasteiger partial charge in [-0.2, -0.15) is 0 Å². The highest BCUT2D eigenvalue weighted by molar-refractivity contribution is 5.41. The van der Waals surface area contributed by atoms with Crippen LogP contribution in [-0.2, 0) is 0 Å². The highest BCUT2D eigenvalue weighted by Crippen LogP contribution is 2.27. The number of methoxy groups -OCH3 is 2. The number of benzene rings is 1. The minimum atomic E-state index is 0.580. The quantitative estimate of drug-likeness (QED) is 0.633. The van der Waals surface area contributed by atoms with Gasteiger partial charge in [0.1, 0.15) is 17.2 Å². The number of hydrogen-bond acceptors (Lipinski definition) is 4. The number of nitrogens with one attached hydrogen (secondary N) is 1. The van der Waals surface area contributed by atoms with Gasteiger partial charge in [-0.25, -0.2) is 0 Å². The van der Waals surface area contributed by atoms with Crippen molar-refractivity contribution in [3.8, 4) is 17.2 Å². The van der Waals surface area contributed by atoms with E-state index in [1.807, 2.05) is 18.2 Å². The third-order valence-electron chi connectivity index (χ3n) is 3.22. The molecule has 0 saturated carbocycles. The van der Waals surface area contributed by atoms with E-state index in [1.165, 1.54) is 19.3 Å². The van der Waals surface area contributed by atoms with E-state index in [1.54, 1.807) is 14.2 Å². The molecule has 0 fully saturated rings. The van der Waals surface area contributed by atoms with Crippen LogP contribution >= 0.6 is 0 Å². The number of rotatable bonds is 11. The van der Waals surface area contributed by atoms with Crippen molar-refractivity contribution in [3.05, 3.63) is 18.2 Å². The molecule has 120 valence electrons. The van der Waals surface area contributed by atoms with E-state index in [2.05, 4.69) is 19.2 Å². The molecule has 1 aromatic carbocycles. The van der Waals surface area contributed by atoms with E-state index in [9.17, 15) is 0 Å². The molecule has 0 atom stereocenters. The topological polar surface area (TPSA) is 39.7 Å². The minimum Gasteiger partial charge on any atom is -0.496 e. The first-order chi connectivity index (χ1) is 10.2. The molecule has 0 heterocycles. The van der Waals surface area contributed by atoms with Gasteiger partial charge in [-0.05, 0) is 19.4 Å². The summed E-state index contributed by atoms with van der Waals surface area (Å²) in [4.78, 5) is 0. The summed E-state index contributed by atoms with van der Waals surface area (Å²) in [6.45, 7) is 6.19. The molecular formula is C17H29NO3. The van der Waals surface area contributed by atoms with E-state index in [0.717, 1.165) is 36.8 Å². The van der Waals surface area contributed by atoms with Crippen LogP contribution in [0.2, 0.25) is 0 Å². The highest BCUT2D eigenvalue weighted by Gasteiger charge is 2.02. The van der Waals surface area contributed by atoms with Crippen LogP contribution in [0.15, 0.2) is 18.2 Å². The Morgan fingerprint density at radius 1 is 0.857 bits per heavy atom. The second-order valence-corrected chi connectivity index (χ2v) is 5.42. The predicted molar refractivity (Wildman–Crippen MR) is 86.6 cm³/mol. The van der Waals surface area contributed by atoms with Crippen LogP contribution in [0.25, 0.3) is 0 Å². The van der Waals surface area contributed by atoms with Crippen molar-refractivity contribution in [3.63, 3.8) is 0 Å². The highest BCUT2D eigenvalue weighted by atomic mass is 16.5. The Kier molecular flexibility index (Phi) is 8.67. The van der Waals surface area contributed by atoms with Gasteiger partial charge in [-0.3, -0.25) is 0 Å². The second-order valence-electron chi connectivity index (χ2n) is 5.42. The van der Waals surface area contributed by atoms with Gasteiger partial charge in [-0.1, -0.05) is 26.7 Å². The first kappa shape index (κ1) is 17.6. The van der Waals surface area contributed by atoms with Crippen molar-refractivity contribution >= 4 is 0 Å². The van der Waals surface area contributed by atoms with Crippen LogP contribution in [0, 0.1) is 0 Å². The Morgan fingerprint density at radius 2 is 1.43 bits per heavy atom. The molecule has 0 aliphatic heterocycles. The zero-order valence-corrected chi connectivity index (χ0v) is 13.8. The molecule has 0 amide bonds. The van der Waals surface area contributed by atoms with Crippen molar-refractivity contribution in [2.24, 2.45) is 0 Å². The van der Waals surface area contributed by atoms with Crippen LogP contribution in [0.4, 0.5) is 0 Å². The van der Waals surface area contributed by atoms with E-state index in [0.29, 0.717) is 6.04 Å². The molecule has 0 unspecified atom stereocenters. The minimum absolute atomic E-state index is 0.580. The summed E-state index contributed by atoms with van der Waals surface area (Å²) in [6.07, 6.45) is 4.73. The van der Waals surface area contributed by atoms with Gasteiger partial charge < -0.3 is 19.5 Å². The average Bonchev–Trinajstić information content (AvgIpc) is 2.49. The lowest BCUT2D eigenvalue weighted by Crippen LogP contribution is -2.23. The van der Waals surface area contributed by atoms with Crippen LogP contribution in [0.5, 0.6) is 17.2 Å². The van der Waals surface area contributed by atoms with Gasteiger partial charge in [0.25, 0.3) is 0 Å². The maximum Gasteiger partial charge on any atom is 0.126 e. The molecule has 4 heteroatoms. The zero-order chi connectivity index (χ0) is 15.5. The Labute approximate surface area is 128 Å². The summed E-state index contributed by atoms with van der Waals surface area (Å²) in [7, 11) is 3.29. The molecule has 0 aliphatic rings. The molecular weight excluding hydrogens is 266 g/mol. The number of unbranched alkanes of at least 4 members (excludes halogenated alkanes) is 3. The molecule has 0 saturated heterocycles. The zero-order valence-electron chi connectivity index (χ0n) is 13.8. The van der Waals surface area contributed by atoms with Crippen LogP contribution in [0.3, 0.4) is 0 Å². The standard InChI is InChI=1S/C17H29NO3/c1-14(2)18-9-7-5-6-8-10-21-17-12-15(19-3)11-16(13-17)20-4/h11-14,18H,5-10H2,1-4H3. The fourth-order valence-electron chi connectivity index (χ4n) is 2.03. The van der Waals surface area contributed by atoms with Crippen molar-refractivity contribution in [2.75, 3.05) is 27.4 Å². The lowest BCUT2D eigenvalue weighted by molar-refractivity contribution is 0.299. The van der Waals surface area contributed by atoms with Gasteiger partial charge in [0.05, 0.1) is 20.8 Å². The first-order valence-electron chi connectivity index (χ1n) is 7.75. The summed E-state index contributed by atoms with van der Waals surface area (Å²) in [5, 5.41) is 3.43. The Balaban J connectivity index is 2.17. The lowest BCUT2D eigenvalue weighted by Gasteiger charge is -2.10. The lowest BCUT2D eigenvalue weighted by atomic mass is 10.2. The summed E-state index contributed by atoms with van der Waals surface area (Å²) in [5.41, 5.74) is 0. The largest absolute Gasteiger partial charge is 0.496 e. The Hall–Kier alpha value is -1.42. The molecule has 0 radical (unpaired) electrons. The van der Waals surface area contributed by atoms with Gasteiger partial charge in [0, 0.05) is 24.2 Å². The maximum atomic E-state index is 5.76. The van der Waals surface area contributed by atoms with Gasteiger partial charge in [-0.15, -0.1) is 0 Å². The van der Waals surface area contributed by atoms with Crippen molar-refractivity contribution in [2.45, 2.75) is 45.6 Å². The molecule has 0 bridgehead atoms. The van der Waals surface area contributed by atoms with E-state index < -0.39 is 0 Å². The maximum absolute atomic E-state index is 5.76. The molecule has 1 aromatic rings. The van der Waals surface area contributed by atoms with Gasteiger partial charge in [0.15, 0.2) is 0 Å². The monoisotopic (exact) mass is 295 g/mol. The summed E-state index contributed by atoms with van der Waals surface area (Å²) < 4.78 is 16.2. The third-order valence-corrected chi connectivity index (χ3v) is 3.22. The first-order valence-corrected chi connectivity index (χ1v) is 7.75. The van der Waals surface area contributed by atoms with E-state index in [-0.39, 0.29) is 0 Å². The number of hydrogen-bond donors (Lipinski definition) is 1. The summed E-state index contributed by atoms with van der Waals surface area (Å²) in [5.74, 6) is 2.31. The summed E-state index contributed by atoms with van der Waals surface area (Å²) >= 11 is 0. The number of ether oxygens (including phenoxy) is 3. The third kappa shape index (κ3) is 7.81. The van der Waals surface area contributed by atoms with Crippen LogP contribution < -0.4 is 19.5 Å². The van der Waals surface area contributed by atoms with Crippen LogP contribution in [-0.4, -0.2) is 33.4 Å². The molecule has 1 rings (SSSR count). The van der Waals surface area contributed by atoms with E-state index >= 15 is 0 Å². The fraction of sp³-hybridized carbons (Fsp3) is 0.647. The molecule has 0 aromatic heterocycles. The normalized spacial score (nSPS) is 10.7. The van der Waals surface area contributed by atoms with Crippen LogP contribution in [0.1, 0.15) is 39.5 Å². The van der Waals surface area contributed by atoms with Gasteiger partial charge in [0.2, 0.25) is 0 Å². The Bertz CT molecular complexity index is 371. The molecule has 21 heavy (non-hydrogen) atoms. The SMILES string of the molecule is COc1cc(OC)cc(OCCCCCCNC(C)C)c1.